The lowest BCUT2D eigenvalue weighted by Gasteiger charge is -2.08. The fourth-order valence-corrected chi connectivity index (χ4v) is 2.53. The van der Waals surface area contributed by atoms with Gasteiger partial charge in [-0.1, -0.05) is 30.3 Å². The molecule has 3 aromatic rings. The van der Waals surface area contributed by atoms with Crippen LogP contribution in [0.1, 0.15) is 32.0 Å². The summed E-state index contributed by atoms with van der Waals surface area (Å²) in [5.74, 6) is -1.21. The molecule has 27 heavy (non-hydrogen) atoms. The summed E-state index contributed by atoms with van der Waals surface area (Å²) in [6, 6.07) is 16.5. The maximum atomic E-state index is 13.6. The van der Waals surface area contributed by atoms with Crippen LogP contribution in [0.3, 0.4) is 0 Å². The van der Waals surface area contributed by atoms with Crippen molar-refractivity contribution >= 4 is 17.5 Å². The lowest BCUT2D eigenvalue weighted by Crippen LogP contribution is -2.24. The van der Waals surface area contributed by atoms with Gasteiger partial charge in [0.25, 0.3) is 11.8 Å². The summed E-state index contributed by atoms with van der Waals surface area (Å²) < 4.78 is 13.6. The predicted molar refractivity (Wildman–Crippen MR) is 101 cm³/mol. The van der Waals surface area contributed by atoms with Crippen LogP contribution >= 0.6 is 0 Å². The largest absolute Gasteiger partial charge is 0.348 e. The minimum Gasteiger partial charge on any atom is -0.348 e. The van der Waals surface area contributed by atoms with Gasteiger partial charge >= 0.3 is 0 Å². The molecule has 0 saturated heterocycles. The van der Waals surface area contributed by atoms with Gasteiger partial charge in [-0.25, -0.2) is 4.39 Å². The summed E-state index contributed by atoms with van der Waals surface area (Å²) in [6.07, 6.45) is 1.39. The molecule has 0 aliphatic heterocycles. The molecular weight excluding hydrogens is 345 g/mol. The minimum atomic E-state index is -0.413. The number of aryl methyl sites for hydroxylation is 1. The molecule has 0 fully saturated rings. The maximum Gasteiger partial charge on any atom is 0.274 e. The summed E-state index contributed by atoms with van der Waals surface area (Å²) in [5, 5.41) is 5.39. The number of pyridine rings is 1. The Morgan fingerprint density at radius 1 is 1.00 bits per heavy atom. The smallest absolute Gasteiger partial charge is 0.274 e. The number of nitrogens with zero attached hydrogens (tertiary/aromatic N) is 1. The molecular formula is C21H18FN3O2. The molecule has 5 nitrogen and oxygen atoms in total. The number of nitrogens with one attached hydrogen (secondary N) is 2. The number of hydrogen-bond donors (Lipinski definition) is 2. The van der Waals surface area contributed by atoms with E-state index in [4.69, 9.17) is 0 Å². The Balaban J connectivity index is 1.68. The van der Waals surface area contributed by atoms with E-state index in [1.54, 1.807) is 24.3 Å². The van der Waals surface area contributed by atoms with Gasteiger partial charge in [0.05, 0.1) is 0 Å². The lowest BCUT2D eigenvalue weighted by atomic mass is 10.1. The molecule has 136 valence electrons. The molecule has 6 heteroatoms. The maximum absolute atomic E-state index is 13.6. The van der Waals surface area contributed by atoms with E-state index in [1.165, 1.54) is 24.4 Å². The molecule has 1 heterocycles. The van der Waals surface area contributed by atoms with Crippen LogP contribution in [-0.4, -0.2) is 16.8 Å². The highest BCUT2D eigenvalue weighted by Crippen LogP contribution is 2.12. The zero-order valence-corrected chi connectivity index (χ0v) is 14.7. The Bertz CT molecular complexity index is 988. The summed E-state index contributed by atoms with van der Waals surface area (Å²) in [5.41, 5.74) is 2.45. The van der Waals surface area contributed by atoms with Crippen molar-refractivity contribution in [2.24, 2.45) is 0 Å². The van der Waals surface area contributed by atoms with Crippen LogP contribution in [-0.2, 0) is 6.54 Å². The molecule has 2 amide bonds. The zero-order valence-electron chi connectivity index (χ0n) is 14.7. The normalized spacial score (nSPS) is 10.3. The van der Waals surface area contributed by atoms with E-state index in [9.17, 15) is 14.0 Å². The minimum absolute atomic E-state index is 0.0542. The highest BCUT2D eigenvalue weighted by molar-refractivity contribution is 6.04. The van der Waals surface area contributed by atoms with Gasteiger partial charge in [-0.2, -0.15) is 0 Å². The molecule has 0 aliphatic rings. The number of amides is 2. The topological polar surface area (TPSA) is 71.1 Å². The Labute approximate surface area is 156 Å². The second-order valence-corrected chi connectivity index (χ2v) is 6.03. The van der Waals surface area contributed by atoms with Crippen LogP contribution in [0.4, 0.5) is 10.1 Å². The third-order valence-electron chi connectivity index (χ3n) is 3.93. The molecule has 3 rings (SSSR count). The van der Waals surface area contributed by atoms with Crippen molar-refractivity contribution in [3.63, 3.8) is 0 Å². The second-order valence-electron chi connectivity index (χ2n) is 6.03. The van der Waals surface area contributed by atoms with Crippen molar-refractivity contribution in [3.8, 4) is 0 Å². The Hall–Kier alpha value is -3.54. The number of hydrogen-bond acceptors (Lipinski definition) is 3. The number of carbonyl (C=O) groups excluding carboxylic acids is 2. The van der Waals surface area contributed by atoms with Gasteiger partial charge in [-0.15, -0.1) is 0 Å². The predicted octanol–water partition coefficient (Wildman–Crippen LogP) is 3.71. The average molecular weight is 363 g/mol. The highest BCUT2D eigenvalue weighted by Gasteiger charge is 2.13. The molecule has 0 unspecified atom stereocenters. The molecule has 0 aliphatic carbocycles. The van der Waals surface area contributed by atoms with Gasteiger partial charge in [0, 0.05) is 29.6 Å². The Morgan fingerprint density at radius 2 is 1.81 bits per heavy atom. The van der Waals surface area contributed by atoms with Crippen LogP contribution in [0.25, 0.3) is 0 Å². The van der Waals surface area contributed by atoms with Gasteiger partial charge in [0.1, 0.15) is 11.5 Å². The molecule has 0 atom stereocenters. The molecule has 0 bridgehead atoms. The van der Waals surface area contributed by atoms with E-state index in [2.05, 4.69) is 15.6 Å². The molecule has 2 aromatic carbocycles. The van der Waals surface area contributed by atoms with E-state index < -0.39 is 11.8 Å². The number of rotatable bonds is 5. The lowest BCUT2D eigenvalue weighted by molar-refractivity contribution is 0.0950. The van der Waals surface area contributed by atoms with Gasteiger partial charge in [-0.3, -0.25) is 14.6 Å². The van der Waals surface area contributed by atoms with E-state index in [-0.39, 0.29) is 23.6 Å². The number of aromatic nitrogens is 1. The van der Waals surface area contributed by atoms with Crippen molar-refractivity contribution in [2.75, 3.05) is 5.32 Å². The van der Waals surface area contributed by atoms with E-state index in [0.717, 1.165) is 5.56 Å². The third kappa shape index (κ3) is 4.76. The zero-order chi connectivity index (χ0) is 19.2. The van der Waals surface area contributed by atoms with Crippen molar-refractivity contribution in [3.05, 3.63) is 95.1 Å². The van der Waals surface area contributed by atoms with Gasteiger partial charge in [0.2, 0.25) is 0 Å². The Morgan fingerprint density at radius 3 is 2.59 bits per heavy atom. The summed E-state index contributed by atoms with van der Waals surface area (Å²) in [7, 11) is 0. The SMILES string of the molecule is Cc1cccc(NC(=O)c2cc(C(=O)NCc3ccccc3F)ccn2)c1. The van der Waals surface area contributed by atoms with E-state index >= 15 is 0 Å². The monoisotopic (exact) mass is 363 g/mol. The first kappa shape index (κ1) is 18.3. The summed E-state index contributed by atoms with van der Waals surface area (Å²) in [4.78, 5) is 28.7. The second kappa shape index (κ2) is 8.23. The first-order chi connectivity index (χ1) is 13.0. The van der Waals surface area contributed by atoms with Crippen LogP contribution in [0.2, 0.25) is 0 Å². The van der Waals surface area contributed by atoms with Crippen molar-refractivity contribution < 1.29 is 14.0 Å². The number of halogens is 1. The summed E-state index contributed by atoms with van der Waals surface area (Å²) >= 11 is 0. The van der Waals surface area contributed by atoms with Crippen molar-refractivity contribution in [1.82, 2.24) is 10.3 Å². The van der Waals surface area contributed by atoms with E-state index in [1.807, 2.05) is 25.1 Å². The number of benzene rings is 2. The van der Waals surface area contributed by atoms with Crippen LogP contribution < -0.4 is 10.6 Å². The summed E-state index contributed by atoms with van der Waals surface area (Å²) in [6.45, 7) is 1.98. The molecule has 1 aromatic heterocycles. The quantitative estimate of drug-likeness (QED) is 0.726. The molecule has 0 saturated carbocycles. The number of carbonyl (C=O) groups is 2. The first-order valence-corrected chi connectivity index (χ1v) is 8.38. The van der Waals surface area contributed by atoms with Crippen LogP contribution in [0.5, 0.6) is 0 Å². The number of anilines is 1. The van der Waals surface area contributed by atoms with Crippen LogP contribution in [0, 0.1) is 12.7 Å². The molecule has 2 N–H and O–H groups in total. The van der Waals surface area contributed by atoms with Crippen molar-refractivity contribution in [2.45, 2.75) is 13.5 Å². The fraction of sp³-hybridized carbons (Fsp3) is 0.0952. The highest BCUT2D eigenvalue weighted by atomic mass is 19.1. The third-order valence-corrected chi connectivity index (χ3v) is 3.93. The average Bonchev–Trinajstić information content (AvgIpc) is 2.67. The van der Waals surface area contributed by atoms with Gasteiger partial charge < -0.3 is 10.6 Å². The van der Waals surface area contributed by atoms with E-state index in [0.29, 0.717) is 11.3 Å². The van der Waals surface area contributed by atoms with Crippen molar-refractivity contribution in [1.29, 1.82) is 0 Å². The first-order valence-electron chi connectivity index (χ1n) is 8.38. The van der Waals surface area contributed by atoms with Gasteiger partial charge in [-0.05, 0) is 42.8 Å². The fourth-order valence-electron chi connectivity index (χ4n) is 2.53. The molecule has 0 spiro atoms. The Kier molecular flexibility index (Phi) is 5.56. The van der Waals surface area contributed by atoms with Crippen LogP contribution in [0.15, 0.2) is 66.9 Å². The molecule has 0 radical (unpaired) electrons. The van der Waals surface area contributed by atoms with Gasteiger partial charge in [0.15, 0.2) is 0 Å². The standard InChI is InChI=1S/C21H18FN3O2/c1-14-5-4-7-17(11-14)25-21(27)19-12-15(9-10-23-19)20(26)24-13-16-6-2-3-8-18(16)22/h2-12H,13H2,1H3,(H,24,26)(H,25,27).